The quantitative estimate of drug-likeness (QED) is 0.905. The second kappa shape index (κ2) is 6.96. The fourth-order valence-electron chi connectivity index (χ4n) is 3.56. The molecule has 2 aromatic rings. The van der Waals surface area contributed by atoms with Crippen molar-refractivity contribution in [3.8, 4) is 11.3 Å². The molecule has 1 N–H and O–H groups in total. The summed E-state index contributed by atoms with van der Waals surface area (Å²) in [5, 5.41) is 8.24. The van der Waals surface area contributed by atoms with Gasteiger partial charge in [-0.15, -0.1) is 0 Å². The maximum atomic E-state index is 12.1. The molecular weight excluding hydrogens is 314 g/mol. The van der Waals surface area contributed by atoms with Gasteiger partial charge in [-0.3, -0.25) is 14.5 Å². The van der Waals surface area contributed by atoms with Crippen molar-refractivity contribution in [3.05, 3.63) is 36.3 Å². The summed E-state index contributed by atoms with van der Waals surface area (Å²) in [5.41, 5.74) is 3.22. The third kappa shape index (κ3) is 3.74. The number of aromatic nitrogens is 3. The molecule has 1 saturated heterocycles. The van der Waals surface area contributed by atoms with Crippen molar-refractivity contribution in [1.82, 2.24) is 25.0 Å². The Morgan fingerprint density at radius 3 is 2.76 bits per heavy atom. The molecule has 2 aliphatic rings. The Labute approximate surface area is 148 Å². The van der Waals surface area contributed by atoms with Crippen molar-refractivity contribution >= 4 is 5.91 Å². The highest BCUT2D eigenvalue weighted by atomic mass is 16.2. The van der Waals surface area contributed by atoms with E-state index in [9.17, 15) is 4.79 Å². The fourth-order valence-corrected chi connectivity index (χ4v) is 3.56. The van der Waals surface area contributed by atoms with Crippen molar-refractivity contribution < 1.29 is 4.79 Å². The molecule has 2 aromatic heterocycles. The molecular formula is C19H25N5O. The van der Waals surface area contributed by atoms with Crippen LogP contribution in [-0.4, -0.2) is 44.7 Å². The first-order valence-electron chi connectivity index (χ1n) is 9.16. The Kier molecular flexibility index (Phi) is 4.53. The van der Waals surface area contributed by atoms with E-state index in [1.54, 1.807) is 6.20 Å². The Morgan fingerprint density at radius 2 is 2.08 bits per heavy atom. The zero-order valence-electron chi connectivity index (χ0n) is 14.7. The number of amides is 1. The lowest BCUT2D eigenvalue weighted by atomic mass is 10.0. The number of nitrogens with one attached hydrogen (secondary N) is 1. The summed E-state index contributed by atoms with van der Waals surface area (Å²) >= 11 is 0. The van der Waals surface area contributed by atoms with E-state index >= 15 is 0 Å². The summed E-state index contributed by atoms with van der Waals surface area (Å²) in [6, 6.07) is 4.44. The lowest BCUT2D eigenvalue weighted by molar-refractivity contribution is -0.133. The average molecular weight is 339 g/mol. The van der Waals surface area contributed by atoms with E-state index in [2.05, 4.69) is 26.5 Å². The molecule has 2 fully saturated rings. The maximum Gasteiger partial charge on any atom is 0.225 e. The Bertz CT molecular complexity index is 730. The smallest absolute Gasteiger partial charge is 0.225 e. The molecule has 0 bridgehead atoms. The van der Waals surface area contributed by atoms with Crippen molar-refractivity contribution in [1.29, 1.82) is 0 Å². The van der Waals surface area contributed by atoms with Gasteiger partial charge in [-0.25, -0.2) is 0 Å². The van der Waals surface area contributed by atoms with Gasteiger partial charge in [0.25, 0.3) is 0 Å². The third-order valence-electron chi connectivity index (χ3n) is 5.15. The van der Waals surface area contributed by atoms with Crippen molar-refractivity contribution in [2.45, 2.75) is 38.3 Å². The number of carbonyl (C=O) groups excluding carboxylic acids is 1. The van der Waals surface area contributed by atoms with Gasteiger partial charge in [0, 0.05) is 68.4 Å². The summed E-state index contributed by atoms with van der Waals surface area (Å²) in [4.78, 5) is 18.4. The van der Waals surface area contributed by atoms with E-state index in [-0.39, 0.29) is 0 Å². The largest absolute Gasteiger partial charge is 0.342 e. The molecule has 3 heterocycles. The zero-order valence-corrected chi connectivity index (χ0v) is 14.7. The van der Waals surface area contributed by atoms with Crippen LogP contribution >= 0.6 is 0 Å². The van der Waals surface area contributed by atoms with E-state index in [1.807, 2.05) is 30.1 Å². The molecule has 0 unspecified atom stereocenters. The van der Waals surface area contributed by atoms with Gasteiger partial charge in [0.05, 0.1) is 5.69 Å². The van der Waals surface area contributed by atoms with Crippen LogP contribution in [0.5, 0.6) is 0 Å². The predicted molar refractivity (Wildman–Crippen MR) is 95.6 cm³/mol. The summed E-state index contributed by atoms with van der Waals surface area (Å²) < 4.78 is 1.86. The number of nitrogens with zero attached hydrogens (tertiary/aromatic N) is 4. The van der Waals surface area contributed by atoms with Crippen molar-refractivity contribution in [3.63, 3.8) is 0 Å². The second-order valence-corrected chi connectivity index (χ2v) is 7.17. The highest BCUT2D eigenvalue weighted by Gasteiger charge is 2.34. The lowest BCUT2D eigenvalue weighted by Crippen LogP contribution is -2.45. The summed E-state index contributed by atoms with van der Waals surface area (Å²) in [6.45, 7) is 2.56. The monoisotopic (exact) mass is 339 g/mol. The zero-order chi connectivity index (χ0) is 17.2. The van der Waals surface area contributed by atoms with Crippen molar-refractivity contribution in [2.75, 3.05) is 13.1 Å². The van der Waals surface area contributed by atoms with Gasteiger partial charge in [0.1, 0.15) is 0 Å². The molecule has 25 heavy (non-hydrogen) atoms. The van der Waals surface area contributed by atoms with Gasteiger partial charge in [0.2, 0.25) is 5.91 Å². The van der Waals surface area contributed by atoms with Crippen LogP contribution in [0.2, 0.25) is 0 Å². The minimum Gasteiger partial charge on any atom is -0.342 e. The van der Waals surface area contributed by atoms with E-state index in [0.29, 0.717) is 17.9 Å². The molecule has 6 heteroatoms. The highest BCUT2D eigenvalue weighted by molar-refractivity contribution is 5.81. The van der Waals surface area contributed by atoms with E-state index in [4.69, 9.17) is 0 Å². The molecule has 1 saturated carbocycles. The number of hydrogen-bond donors (Lipinski definition) is 1. The summed E-state index contributed by atoms with van der Waals surface area (Å²) in [6.07, 6.45) is 9.95. The third-order valence-corrected chi connectivity index (χ3v) is 5.15. The van der Waals surface area contributed by atoms with Crippen LogP contribution in [0.1, 0.15) is 31.2 Å². The van der Waals surface area contributed by atoms with Crippen LogP contribution in [0.25, 0.3) is 11.3 Å². The fraction of sp³-hybridized carbons (Fsp3) is 0.526. The van der Waals surface area contributed by atoms with E-state index in [1.165, 1.54) is 5.56 Å². The molecule has 0 radical (unpaired) electrons. The highest BCUT2D eigenvalue weighted by Crippen LogP contribution is 2.32. The van der Waals surface area contributed by atoms with Gasteiger partial charge < -0.3 is 10.2 Å². The normalized spacial score (nSPS) is 18.5. The molecule has 0 atom stereocenters. The molecule has 4 rings (SSSR count). The molecule has 0 spiro atoms. The van der Waals surface area contributed by atoms with Gasteiger partial charge >= 0.3 is 0 Å². The number of likely N-dealkylation sites (tertiary alicyclic amines) is 1. The Hall–Kier alpha value is -2.21. The van der Waals surface area contributed by atoms with Crippen LogP contribution in [0, 0.1) is 5.92 Å². The molecule has 132 valence electrons. The van der Waals surface area contributed by atoms with Crippen LogP contribution in [0.4, 0.5) is 0 Å². The van der Waals surface area contributed by atoms with Crippen LogP contribution in [0.15, 0.2) is 30.7 Å². The number of piperidine rings is 1. The van der Waals surface area contributed by atoms with E-state index in [0.717, 1.165) is 56.6 Å². The van der Waals surface area contributed by atoms with Gasteiger partial charge in [-0.05, 0) is 37.8 Å². The predicted octanol–water partition coefficient (Wildman–Crippen LogP) is 1.97. The molecule has 1 aliphatic heterocycles. The topological polar surface area (TPSA) is 63.1 Å². The minimum absolute atomic E-state index is 0.335. The molecule has 6 nitrogen and oxygen atoms in total. The standard InChI is InChI=1S/C19H25N5O/c1-23-13-16(18(22-23)15-3-2-8-20-11-15)12-21-17-6-9-24(10-7-17)19(25)14-4-5-14/h2-3,8,11,13-14,17,21H,4-7,9-10,12H2,1H3. The van der Waals surface area contributed by atoms with Gasteiger partial charge in [0.15, 0.2) is 0 Å². The van der Waals surface area contributed by atoms with Crippen LogP contribution in [-0.2, 0) is 18.4 Å². The van der Waals surface area contributed by atoms with Crippen LogP contribution < -0.4 is 5.32 Å². The lowest BCUT2D eigenvalue weighted by Gasteiger charge is -2.32. The summed E-state index contributed by atoms with van der Waals surface area (Å²) in [7, 11) is 1.95. The van der Waals surface area contributed by atoms with Gasteiger partial charge in [-0.1, -0.05) is 0 Å². The SMILES string of the molecule is Cn1cc(CNC2CCN(C(=O)C3CC3)CC2)c(-c2cccnc2)n1. The van der Waals surface area contributed by atoms with Crippen LogP contribution in [0.3, 0.4) is 0 Å². The molecule has 1 aliphatic carbocycles. The molecule has 0 aromatic carbocycles. The van der Waals surface area contributed by atoms with E-state index < -0.39 is 0 Å². The maximum absolute atomic E-state index is 12.1. The number of pyridine rings is 1. The minimum atomic E-state index is 0.335. The Balaban J connectivity index is 1.34. The second-order valence-electron chi connectivity index (χ2n) is 7.17. The number of carbonyl (C=O) groups is 1. The van der Waals surface area contributed by atoms with Gasteiger partial charge in [-0.2, -0.15) is 5.10 Å². The average Bonchev–Trinajstić information content (AvgIpc) is 3.43. The molecule has 1 amide bonds. The Morgan fingerprint density at radius 1 is 1.28 bits per heavy atom. The first-order valence-corrected chi connectivity index (χ1v) is 9.16. The summed E-state index contributed by atoms with van der Waals surface area (Å²) in [5.74, 6) is 0.714. The van der Waals surface area contributed by atoms with Crippen molar-refractivity contribution in [2.24, 2.45) is 13.0 Å². The number of aryl methyl sites for hydroxylation is 1. The number of rotatable bonds is 5. The first kappa shape index (κ1) is 16.3. The number of hydrogen-bond acceptors (Lipinski definition) is 4. The first-order chi connectivity index (χ1) is 12.2.